The Morgan fingerprint density at radius 1 is 1.30 bits per heavy atom. The van der Waals surface area contributed by atoms with Crippen LogP contribution in [0.25, 0.3) is 0 Å². The number of nitrogens with zero attached hydrogens (tertiary/aromatic N) is 1. The van der Waals surface area contributed by atoms with Gasteiger partial charge in [0.15, 0.2) is 0 Å². The molecule has 0 bridgehead atoms. The van der Waals surface area contributed by atoms with Crippen LogP contribution in [-0.2, 0) is 9.53 Å². The number of carbonyl (C=O) groups is 1. The number of carbonyl (C=O) groups excluding carboxylic acids is 1. The molecule has 0 aromatic heterocycles. The molecule has 0 aliphatic heterocycles. The fraction of sp³-hybridized carbons (Fsp3) is 0.588. The van der Waals surface area contributed by atoms with Crippen molar-refractivity contribution in [3.8, 4) is 5.75 Å². The summed E-state index contributed by atoms with van der Waals surface area (Å²) in [6.45, 7) is 4.34. The van der Waals surface area contributed by atoms with E-state index in [4.69, 9.17) is 9.47 Å². The van der Waals surface area contributed by atoms with Gasteiger partial charge < -0.3 is 19.9 Å². The van der Waals surface area contributed by atoms with E-state index in [1.54, 1.807) is 19.1 Å². The van der Waals surface area contributed by atoms with Crippen LogP contribution in [0.4, 0.5) is 0 Å². The van der Waals surface area contributed by atoms with Crippen LogP contribution in [0.3, 0.4) is 0 Å². The third-order valence-corrected chi connectivity index (χ3v) is 3.86. The van der Waals surface area contributed by atoms with Crippen molar-refractivity contribution >= 4 is 5.91 Å². The van der Waals surface area contributed by atoms with Gasteiger partial charge in [0.25, 0.3) is 0 Å². The summed E-state index contributed by atoms with van der Waals surface area (Å²) in [5, 5.41) is 12.7. The number of ether oxygens (including phenoxy) is 2. The van der Waals surface area contributed by atoms with Crippen LogP contribution < -0.4 is 10.1 Å². The summed E-state index contributed by atoms with van der Waals surface area (Å²) in [5.41, 5.74) is 0.928. The molecular weight excluding hydrogens is 296 g/mol. The van der Waals surface area contributed by atoms with Gasteiger partial charge in [-0.3, -0.25) is 9.69 Å². The van der Waals surface area contributed by atoms with Gasteiger partial charge in [0.05, 0.1) is 31.9 Å². The Hall–Kier alpha value is -1.63. The average Bonchev–Trinajstić information content (AvgIpc) is 2.53. The third-order valence-electron chi connectivity index (χ3n) is 3.86. The van der Waals surface area contributed by atoms with Crippen LogP contribution in [0.2, 0.25) is 0 Å². The quantitative estimate of drug-likeness (QED) is 0.714. The molecule has 0 radical (unpaired) electrons. The lowest BCUT2D eigenvalue weighted by Gasteiger charge is -2.27. The minimum Gasteiger partial charge on any atom is -0.496 e. The molecule has 0 aliphatic carbocycles. The first kappa shape index (κ1) is 19.4. The largest absolute Gasteiger partial charge is 0.496 e. The summed E-state index contributed by atoms with van der Waals surface area (Å²) in [5.74, 6) is 0.646. The smallest absolute Gasteiger partial charge is 0.237 e. The van der Waals surface area contributed by atoms with Gasteiger partial charge in [0.2, 0.25) is 5.91 Å². The molecule has 6 heteroatoms. The second kappa shape index (κ2) is 9.50. The number of para-hydroxylation sites is 1. The maximum atomic E-state index is 12.4. The number of rotatable bonds is 9. The van der Waals surface area contributed by atoms with E-state index in [9.17, 15) is 9.90 Å². The minimum absolute atomic E-state index is 0.101. The highest BCUT2D eigenvalue weighted by Gasteiger charge is 2.22. The number of likely N-dealkylation sites (N-methyl/N-ethyl adjacent to an activating group) is 1. The van der Waals surface area contributed by atoms with E-state index in [-0.39, 0.29) is 24.6 Å². The lowest BCUT2D eigenvalue weighted by molar-refractivity contribution is -0.126. The van der Waals surface area contributed by atoms with Gasteiger partial charge in [-0.05, 0) is 27.0 Å². The molecule has 0 saturated carbocycles. The van der Waals surface area contributed by atoms with E-state index in [0.29, 0.717) is 6.54 Å². The molecule has 1 rings (SSSR count). The first-order valence-corrected chi connectivity index (χ1v) is 7.71. The number of aliphatic hydroxyl groups excluding tert-OH is 1. The first-order chi connectivity index (χ1) is 10.9. The molecule has 3 unspecified atom stereocenters. The maximum absolute atomic E-state index is 12.4. The number of methoxy groups -OCH3 is 2. The summed E-state index contributed by atoms with van der Waals surface area (Å²) >= 11 is 0. The molecule has 0 spiro atoms. The van der Waals surface area contributed by atoms with E-state index in [0.717, 1.165) is 11.3 Å². The van der Waals surface area contributed by atoms with Crippen molar-refractivity contribution in [3.63, 3.8) is 0 Å². The molecule has 0 aliphatic rings. The zero-order valence-electron chi connectivity index (χ0n) is 14.6. The monoisotopic (exact) mass is 324 g/mol. The summed E-state index contributed by atoms with van der Waals surface area (Å²) in [6.07, 6.45) is -0.619. The van der Waals surface area contributed by atoms with Crippen molar-refractivity contribution in [2.75, 3.05) is 34.4 Å². The van der Waals surface area contributed by atoms with Crippen molar-refractivity contribution in [1.82, 2.24) is 10.2 Å². The standard InChI is InChI=1S/C17H28N2O4/c1-12(15-8-6-7-9-16(15)23-5)18-17(21)13(2)19(3)10-14(20)11-22-4/h6-9,12-14,20H,10-11H2,1-5H3,(H,18,21). The second-order valence-electron chi connectivity index (χ2n) is 5.70. The normalized spacial score (nSPS) is 15.1. The highest BCUT2D eigenvalue weighted by Crippen LogP contribution is 2.24. The van der Waals surface area contributed by atoms with Gasteiger partial charge in [0.1, 0.15) is 5.75 Å². The molecule has 0 saturated heterocycles. The minimum atomic E-state index is -0.619. The Morgan fingerprint density at radius 3 is 2.57 bits per heavy atom. The molecule has 0 fully saturated rings. The maximum Gasteiger partial charge on any atom is 0.237 e. The molecule has 1 aromatic carbocycles. The second-order valence-corrected chi connectivity index (χ2v) is 5.70. The lowest BCUT2D eigenvalue weighted by Crippen LogP contribution is -2.47. The predicted octanol–water partition coefficient (Wildman–Crippen LogP) is 1.20. The lowest BCUT2D eigenvalue weighted by atomic mass is 10.1. The summed E-state index contributed by atoms with van der Waals surface area (Å²) < 4.78 is 10.2. The molecule has 1 amide bonds. The van der Waals surface area contributed by atoms with Crippen molar-refractivity contribution in [2.45, 2.75) is 32.0 Å². The highest BCUT2D eigenvalue weighted by atomic mass is 16.5. The molecular formula is C17H28N2O4. The molecule has 3 atom stereocenters. The Bertz CT molecular complexity index is 495. The van der Waals surface area contributed by atoms with Gasteiger partial charge in [-0.15, -0.1) is 0 Å². The van der Waals surface area contributed by atoms with Crippen LogP contribution in [0.5, 0.6) is 5.75 Å². The van der Waals surface area contributed by atoms with Gasteiger partial charge in [-0.25, -0.2) is 0 Å². The molecule has 1 aromatic rings. The van der Waals surface area contributed by atoms with Gasteiger partial charge in [-0.1, -0.05) is 18.2 Å². The van der Waals surface area contributed by atoms with Crippen LogP contribution in [0, 0.1) is 0 Å². The van der Waals surface area contributed by atoms with Crippen LogP contribution in [0.1, 0.15) is 25.5 Å². The third kappa shape index (κ3) is 5.82. The topological polar surface area (TPSA) is 71.0 Å². The number of amides is 1. The van der Waals surface area contributed by atoms with Crippen molar-refractivity contribution in [1.29, 1.82) is 0 Å². The summed E-state index contributed by atoms with van der Waals surface area (Å²) in [4.78, 5) is 14.2. The first-order valence-electron chi connectivity index (χ1n) is 7.71. The summed E-state index contributed by atoms with van der Waals surface area (Å²) in [6, 6.07) is 7.08. The highest BCUT2D eigenvalue weighted by molar-refractivity contribution is 5.81. The molecule has 0 heterocycles. The number of hydrogen-bond donors (Lipinski definition) is 2. The Morgan fingerprint density at radius 2 is 1.96 bits per heavy atom. The average molecular weight is 324 g/mol. The van der Waals surface area contributed by atoms with Crippen molar-refractivity contribution < 1.29 is 19.4 Å². The van der Waals surface area contributed by atoms with E-state index in [2.05, 4.69) is 5.32 Å². The molecule has 6 nitrogen and oxygen atoms in total. The van der Waals surface area contributed by atoms with Crippen LogP contribution >= 0.6 is 0 Å². The number of aliphatic hydroxyl groups is 1. The number of benzene rings is 1. The van der Waals surface area contributed by atoms with Gasteiger partial charge in [-0.2, -0.15) is 0 Å². The van der Waals surface area contributed by atoms with Crippen molar-refractivity contribution in [2.24, 2.45) is 0 Å². The molecule has 2 N–H and O–H groups in total. The Labute approximate surface area is 138 Å². The zero-order valence-corrected chi connectivity index (χ0v) is 14.6. The molecule has 130 valence electrons. The van der Waals surface area contributed by atoms with Gasteiger partial charge in [0, 0.05) is 19.2 Å². The van der Waals surface area contributed by atoms with Crippen LogP contribution in [0.15, 0.2) is 24.3 Å². The zero-order chi connectivity index (χ0) is 17.4. The number of nitrogens with one attached hydrogen (secondary N) is 1. The Kier molecular flexibility index (Phi) is 8.02. The van der Waals surface area contributed by atoms with Crippen LogP contribution in [-0.4, -0.2) is 62.5 Å². The number of hydrogen-bond acceptors (Lipinski definition) is 5. The van der Waals surface area contributed by atoms with Gasteiger partial charge >= 0.3 is 0 Å². The summed E-state index contributed by atoms with van der Waals surface area (Å²) in [7, 11) is 4.95. The predicted molar refractivity (Wildman–Crippen MR) is 89.5 cm³/mol. The fourth-order valence-electron chi connectivity index (χ4n) is 2.37. The SMILES string of the molecule is COCC(O)CN(C)C(C)C(=O)NC(C)c1ccccc1OC. The molecule has 23 heavy (non-hydrogen) atoms. The Balaban J connectivity index is 2.63. The van der Waals surface area contributed by atoms with E-state index in [1.807, 2.05) is 38.1 Å². The van der Waals surface area contributed by atoms with E-state index >= 15 is 0 Å². The van der Waals surface area contributed by atoms with E-state index < -0.39 is 6.10 Å². The van der Waals surface area contributed by atoms with E-state index in [1.165, 1.54) is 7.11 Å². The fourth-order valence-corrected chi connectivity index (χ4v) is 2.37. The van der Waals surface area contributed by atoms with Crippen molar-refractivity contribution in [3.05, 3.63) is 29.8 Å².